The lowest BCUT2D eigenvalue weighted by atomic mass is 10.3. The number of amides is 2. The number of rotatable bonds is 7. The highest BCUT2D eigenvalue weighted by Gasteiger charge is 2.16. The summed E-state index contributed by atoms with van der Waals surface area (Å²) in [5.41, 5.74) is 5.55. The first-order valence-electron chi connectivity index (χ1n) is 8.33. The summed E-state index contributed by atoms with van der Waals surface area (Å²) in [5.74, 6) is 0.133. The Labute approximate surface area is 176 Å². The van der Waals surface area contributed by atoms with Crippen molar-refractivity contribution >= 4 is 46.9 Å². The van der Waals surface area contributed by atoms with Gasteiger partial charge in [-0.25, -0.2) is 0 Å². The van der Waals surface area contributed by atoms with Crippen LogP contribution in [0.2, 0.25) is 5.02 Å². The highest BCUT2D eigenvalue weighted by molar-refractivity contribution is 8.00. The molecule has 0 radical (unpaired) electrons. The maximum absolute atomic E-state index is 12.3. The third-order valence-electron chi connectivity index (χ3n) is 3.59. The zero-order chi connectivity index (χ0) is 19.8. The number of carbonyl (C=O) groups excluding carboxylic acids is 2. The molecule has 2 aromatic carbocycles. The molecule has 0 aliphatic carbocycles. The second kappa shape index (κ2) is 10.3. The molecule has 1 heterocycles. The van der Waals surface area contributed by atoms with Crippen molar-refractivity contribution in [1.82, 2.24) is 10.9 Å². The molecule has 0 saturated carbocycles. The van der Waals surface area contributed by atoms with Crippen LogP contribution in [0.25, 0.3) is 0 Å². The highest BCUT2D eigenvalue weighted by Crippen LogP contribution is 2.25. The van der Waals surface area contributed by atoms with Crippen molar-refractivity contribution in [2.45, 2.75) is 15.5 Å². The van der Waals surface area contributed by atoms with Crippen molar-refractivity contribution in [2.24, 2.45) is 0 Å². The van der Waals surface area contributed by atoms with E-state index in [4.69, 9.17) is 16.0 Å². The second-order valence-corrected chi connectivity index (χ2v) is 8.16. The molecule has 5 nitrogen and oxygen atoms in total. The van der Waals surface area contributed by atoms with E-state index in [1.54, 1.807) is 30.0 Å². The minimum atomic E-state index is -0.487. The zero-order valence-electron chi connectivity index (χ0n) is 14.7. The minimum absolute atomic E-state index is 0.163. The molecule has 2 N–H and O–H groups in total. The molecule has 3 aromatic rings. The van der Waals surface area contributed by atoms with Crippen LogP contribution >= 0.6 is 35.1 Å². The van der Waals surface area contributed by atoms with Gasteiger partial charge in [0.1, 0.15) is 0 Å². The van der Waals surface area contributed by atoms with Crippen molar-refractivity contribution in [1.29, 1.82) is 0 Å². The van der Waals surface area contributed by atoms with E-state index in [-0.39, 0.29) is 17.4 Å². The van der Waals surface area contributed by atoms with Gasteiger partial charge < -0.3 is 4.42 Å². The van der Waals surface area contributed by atoms with Crippen LogP contribution in [0.4, 0.5) is 0 Å². The fraction of sp³-hybridized carbons (Fsp3) is 0.100. The fourth-order valence-electron chi connectivity index (χ4n) is 2.23. The summed E-state index contributed by atoms with van der Waals surface area (Å²) in [5, 5.41) is 0.640. The van der Waals surface area contributed by atoms with Crippen molar-refractivity contribution < 1.29 is 14.0 Å². The molecular weight excluding hydrogens is 416 g/mol. The maximum Gasteiger partial charge on any atom is 0.305 e. The van der Waals surface area contributed by atoms with Crippen molar-refractivity contribution in [3.63, 3.8) is 0 Å². The molecular formula is C20H17ClN2O3S2. The van der Waals surface area contributed by atoms with Crippen LogP contribution in [-0.4, -0.2) is 17.6 Å². The molecule has 0 aliphatic rings. The van der Waals surface area contributed by atoms with Crippen LogP contribution in [0.5, 0.6) is 0 Å². The number of furan rings is 1. The van der Waals surface area contributed by atoms with E-state index >= 15 is 0 Å². The fourth-order valence-corrected chi connectivity index (χ4v) is 3.95. The lowest BCUT2D eigenvalue weighted by molar-refractivity contribution is -0.119. The SMILES string of the molecule is O=C(CSc1ccc(Cl)cc1)NNC(=O)c1occc1CSc1ccccc1. The quantitative estimate of drug-likeness (QED) is 0.415. The van der Waals surface area contributed by atoms with Gasteiger partial charge in [-0.2, -0.15) is 0 Å². The summed E-state index contributed by atoms with van der Waals surface area (Å²) >= 11 is 8.78. The Kier molecular flexibility index (Phi) is 7.47. The van der Waals surface area contributed by atoms with E-state index in [2.05, 4.69) is 10.9 Å². The predicted octanol–water partition coefficient (Wildman–Crippen LogP) is 4.78. The molecule has 0 bridgehead atoms. The van der Waals surface area contributed by atoms with Gasteiger partial charge in [0.25, 0.3) is 0 Å². The van der Waals surface area contributed by atoms with Gasteiger partial charge in [0.05, 0.1) is 12.0 Å². The standard InChI is InChI=1S/C20H17ClN2O3S2/c21-15-6-8-17(9-7-15)28-13-18(24)22-23-20(25)19-14(10-11-26-19)12-27-16-4-2-1-3-5-16/h1-11H,12-13H2,(H,22,24)(H,23,25). The molecule has 0 aliphatic heterocycles. The molecule has 0 unspecified atom stereocenters. The van der Waals surface area contributed by atoms with Gasteiger partial charge in [0.15, 0.2) is 5.76 Å². The summed E-state index contributed by atoms with van der Waals surface area (Å²) < 4.78 is 5.29. The Morgan fingerprint density at radius 2 is 1.61 bits per heavy atom. The number of hydrogen-bond donors (Lipinski definition) is 2. The first kappa shape index (κ1) is 20.4. The van der Waals surface area contributed by atoms with E-state index < -0.39 is 5.91 Å². The molecule has 0 spiro atoms. The Morgan fingerprint density at radius 3 is 2.36 bits per heavy atom. The van der Waals surface area contributed by atoms with Crippen molar-refractivity contribution in [3.05, 3.63) is 83.3 Å². The van der Waals surface area contributed by atoms with Gasteiger partial charge >= 0.3 is 5.91 Å². The largest absolute Gasteiger partial charge is 0.459 e. The van der Waals surface area contributed by atoms with Crippen LogP contribution < -0.4 is 10.9 Å². The normalized spacial score (nSPS) is 10.5. The molecule has 2 amide bonds. The van der Waals surface area contributed by atoms with Gasteiger partial charge in [-0.1, -0.05) is 29.8 Å². The highest BCUT2D eigenvalue weighted by atomic mass is 35.5. The number of benzene rings is 2. The second-order valence-electron chi connectivity index (χ2n) is 5.62. The summed E-state index contributed by atoms with van der Waals surface area (Å²) in [4.78, 5) is 26.3. The summed E-state index contributed by atoms with van der Waals surface area (Å²) in [6.07, 6.45) is 1.47. The summed E-state index contributed by atoms with van der Waals surface area (Å²) in [7, 11) is 0. The number of carbonyl (C=O) groups is 2. The molecule has 3 rings (SSSR count). The summed E-state index contributed by atoms with van der Waals surface area (Å²) in [6, 6.07) is 18.8. The van der Waals surface area contributed by atoms with Crippen LogP contribution in [-0.2, 0) is 10.5 Å². The molecule has 0 saturated heterocycles. The van der Waals surface area contributed by atoms with E-state index in [1.807, 2.05) is 42.5 Å². The first-order valence-corrected chi connectivity index (χ1v) is 10.7. The van der Waals surface area contributed by atoms with Gasteiger partial charge in [-0.15, -0.1) is 23.5 Å². The molecule has 1 aromatic heterocycles. The van der Waals surface area contributed by atoms with E-state index in [0.29, 0.717) is 10.8 Å². The number of hydrogen-bond acceptors (Lipinski definition) is 5. The van der Waals surface area contributed by atoms with E-state index in [0.717, 1.165) is 15.4 Å². The van der Waals surface area contributed by atoms with Crippen LogP contribution in [0.15, 0.2) is 81.1 Å². The minimum Gasteiger partial charge on any atom is -0.459 e. The van der Waals surface area contributed by atoms with Gasteiger partial charge in [-0.05, 0) is 42.5 Å². The molecule has 0 fully saturated rings. The maximum atomic E-state index is 12.3. The van der Waals surface area contributed by atoms with Gasteiger partial charge in [0, 0.05) is 26.1 Å². The average Bonchev–Trinajstić information content (AvgIpc) is 3.19. The Bertz CT molecular complexity index is 930. The number of hydrazine groups is 1. The van der Waals surface area contributed by atoms with Crippen LogP contribution in [0.1, 0.15) is 16.1 Å². The van der Waals surface area contributed by atoms with Gasteiger partial charge in [-0.3, -0.25) is 20.4 Å². The molecule has 28 heavy (non-hydrogen) atoms. The van der Waals surface area contributed by atoms with Crippen LogP contribution in [0, 0.1) is 0 Å². The predicted molar refractivity (Wildman–Crippen MR) is 112 cm³/mol. The monoisotopic (exact) mass is 432 g/mol. The lowest BCUT2D eigenvalue weighted by Gasteiger charge is -2.07. The van der Waals surface area contributed by atoms with Crippen LogP contribution in [0.3, 0.4) is 0 Å². The zero-order valence-corrected chi connectivity index (χ0v) is 17.1. The van der Waals surface area contributed by atoms with E-state index in [9.17, 15) is 9.59 Å². The molecule has 0 atom stereocenters. The summed E-state index contributed by atoms with van der Waals surface area (Å²) in [6.45, 7) is 0. The van der Waals surface area contributed by atoms with Gasteiger partial charge in [0.2, 0.25) is 5.91 Å². The molecule has 8 heteroatoms. The smallest absolute Gasteiger partial charge is 0.305 e. The Hall–Kier alpha value is -2.35. The number of thioether (sulfide) groups is 2. The third kappa shape index (κ3) is 6.09. The van der Waals surface area contributed by atoms with Crippen molar-refractivity contribution in [3.8, 4) is 0 Å². The number of halogens is 1. The van der Waals surface area contributed by atoms with Crippen molar-refractivity contribution in [2.75, 3.05) is 5.75 Å². The molecule has 144 valence electrons. The van der Waals surface area contributed by atoms with E-state index in [1.165, 1.54) is 18.0 Å². The third-order valence-corrected chi connectivity index (χ3v) is 5.91. The average molecular weight is 433 g/mol. The number of nitrogens with one attached hydrogen (secondary N) is 2. The Morgan fingerprint density at radius 1 is 0.893 bits per heavy atom. The topological polar surface area (TPSA) is 71.3 Å². The first-order chi connectivity index (χ1) is 13.6. The Balaban J connectivity index is 1.46. The lowest BCUT2D eigenvalue weighted by Crippen LogP contribution is -2.42.